The summed E-state index contributed by atoms with van der Waals surface area (Å²) in [6, 6.07) is 16.7. The number of nitrogens with zero attached hydrogens (tertiary/aromatic N) is 1. The van der Waals surface area contributed by atoms with Gasteiger partial charge < -0.3 is 4.98 Å². The molecule has 0 aliphatic rings. The number of fused-ring (bicyclic) bond motifs is 1. The van der Waals surface area contributed by atoms with Gasteiger partial charge in [0.05, 0.1) is 11.0 Å². The minimum Gasteiger partial charge on any atom is -0.341 e. The lowest BCUT2D eigenvalue weighted by Crippen LogP contribution is -1.97. The zero-order valence-electron chi connectivity index (χ0n) is 10.6. The van der Waals surface area contributed by atoms with Gasteiger partial charge in [0.2, 0.25) is 0 Å². The van der Waals surface area contributed by atoms with Crippen LogP contribution in [0, 0.1) is 6.92 Å². The van der Waals surface area contributed by atoms with Crippen LogP contribution >= 0.6 is 0 Å². The van der Waals surface area contributed by atoms with Crippen molar-refractivity contribution in [3.8, 4) is 0 Å². The molecule has 2 aromatic carbocycles. The molecule has 1 unspecified atom stereocenters. The van der Waals surface area contributed by atoms with Crippen LogP contribution in [-0.4, -0.2) is 9.97 Å². The van der Waals surface area contributed by atoms with Gasteiger partial charge in [-0.2, -0.15) is 0 Å². The number of hydrogen-bond donors (Lipinski definition) is 1. The van der Waals surface area contributed by atoms with Crippen LogP contribution in [0.4, 0.5) is 0 Å². The number of hydrogen-bond acceptors (Lipinski definition) is 1. The normalized spacial score (nSPS) is 12.8. The van der Waals surface area contributed by atoms with Gasteiger partial charge in [-0.05, 0) is 24.1 Å². The predicted octanol–water partition coefficient (Wildman–Crippen LogP) is 4.02. The van der Waals surface area contributed by atoms with Crippen LogP contribution in [0.1, 0.15) is 29.8 Å². The van der Waals surface area contributed by atoms with E-state index in [1.54, 1.807) is 0 Å². The zero-order chi connectivity index (χ0) is 12.5. The van der Waals surface area contributed by atoms with E-state index in [-0.39, 0.29) is 5.92 Å². The average molecular weight is 236 g/mol. The number of aromatic nitrogens is 2. The lowest BCUT2D eigenvalue weighted by Gasteiger charge is -2.07. The average Bonchev–Trinajstić information content (AvgIpc) is 2.84. The molecule has 0 aliphatic heterocycles. The van der Waals surface area contributed by atoms with E-state index in [4.69, 9.17) is 4.98 Å². The van der Waals surface area contributed by atoms with E-state index in [0.29, 0.717) is 0 Å². The van der Waals surface area contributed by atoms with Crippen LogP contribution in [0.3, 0.4) is 0 Å². The van der Waals surface area contributed by atoms with Crippen LogP contribution in [0.5, 0.6) is 0 Å². The van der Waals surface area contributed by atoms with E-state index in [1.165, 1.54) is 11.1 Å². The third-order valence-electron chi connectivity index (χ3n) is 3.44. The molecule has 3 rings (SSSR count). The second kappa shape index (κ2) is 4.30. The fourth-order valence-corrected chi connectivity index (χ4v) is 2.30. The molecule has 0 aliphatic carbocycles. The quantitative estimate of drug-likeness (QED) is 0.715. The van der Waals surface area contributed by atoms with E-state index >= 15 is 0 Å². The maximum atomic E-state index is 4.73. The van der Waals surface area contributed by atoms with Crippen LogP contribution in [-0.2, 0) is 0 Å². The Morgan fingerprint density at radius 3 is 2.50 bits per heavy atom. The number of aryl methyl sites for hydroxylation is 1. The van der Waals surface area contributed by atoms with Gasteiger partial charge in [0.1, 0.15) is 5.82 Å². The summed E-state index contributed by atoms with van der Waals surface area (Å²) in [7, 11) is 0. The molecule has 0 fully saturated rings. The summed E-state index contributed by atoms with van der Waals surface area (Å²) < 4.78 is 0. The van der Waals surface area contributed by atoms with Crippen molar-refractivity contribution in [2.45, 2.75) is 19.8 Å². The highest BCUT2D eigenvalue weighted by Gasteiger charge is 2.13. The molecule has 0 saturated heterocycles. The SMILES string of the molecule is Cc1cccc2[nH]c(C(C)c3ccccc3)nc12. The number of H-pyrrole nitrogens is 1. The molecular formula is C16H16N2. The van der Waals surface area contributed by atoms with Gasteiger partial charge in [0.25, 0.3) is 0 Å². The first kappa shape index (κ1) is 11.0. The standard InChI is InChI=1S/C16H16N2/c1-11-7-6-10-14-15(11)18-16(17-14)12(2)13-8-4-3-5-9-13/h3-10,12H,1-2H3,(H,17,18). The molecule has 2 nitrogen and oxygen atoms in total. The Balaban J connectivity index is 2.07. The Hall–Kier alpha value is -2.09. The van der Waals surface area contributed by atoms with Gasteiger partial charge >= 0.3 is 0 Å². The van der Waals surface area contributed by atoms with Crippen LogP contribution in [0.2, 0.25) is 0 Å². The van der Waals surface area contributed by atoms with Crippen molar-refractivity contribution >= 4 is 11.0 Å². The van der Waals surface area contributed by atoms with E-state index in [9.17, 15) is 0 Å². The van der Waals surface area contributed by atoms with Gasteiger partial charge in [0.15, 0.2) is 0 Å². The van der Waals surface area contributed by atoms with Crippen LogP contribution in [0.25, 0.3) is 11.0 Å². The molecule has 1 aromatic heterocycles. The number of rotatable bonds is 2. The van der Waals surface area contributed by atoms with Gasteiger partial charge in [-0.1, -0.05) is 49.4 Å². The second-order valence-corrected chi connectivity index (χ2v) is 4.73. The van der Waals surface area contributed by atoms with Gasteiger partial charge in [0, 0.05) is 5.92 Å². The molecule has 0 spiro atoms. The molecule has 1 atom stereocenters. The Morgan fingerprint density at radius 1 is 1.00 bits per heavy atom. The van der Waals surface area contributed by atoms with Gasteiger partial charge in [-0.3, -0.25) is 0 Å². The maximum Gasteiger partial charge on any atom is 0.114 e. The van der Waals surface area contributed by atoms with Crippen molar-refractivity contribution in [2.75, 3.05) is 0 Å². The summed E-state index contributed by atoms with van der Waals surface area (Å²) in [6.45, 7) is 4.28. The molecule has 1 heterocycles. The van der Waals surface area contributed by atoms with Crippen molar-refractivity contribution in [3.63, 3.8) is 0 Å². The Labute approximate surface area is 107 Å². The fraction of sp³-hybridized carbons (Fsp3) is 0.188. The molecule has 1 N–H and O–H groups in total. The minimum atomic E-state index is 0.290. The minimum absolute atomic E-state index is 0.290. The smallest absolute Gasteiger partial charge is 0.114 e. The monoisotopic (exact) mass is 236 g/mol. The molecule has 0 amide bonds. The maximum absolute atomic E-state index is 4.73. The third-order valence-corrected chi connectivity index (χ3v) is 3.44. The van der Waals surface area contributed by atoms with Gasteiger partial charge in [-0.15, -0.1) is 0 Å². The Morgan fingerprint density at radius 2 is 1.78 bits per heavy atom. The number of para-hydroxylation sites is 1. The van der Waals surface area contributed by atoms with Crippen molar-refractivity contribution in [3.05, 3.63) is 65.5 Å². The lowest BCUT2D eigenvalue weighted by atomic mass is 10.0. The molecule has 18 heavy (non-hydrogen) atoms. The second-order valence-electron chi connectivity index (χ2n) is 4.73. The Kier molecular flexibility index (Phi) is 2.63. The first-order valence-corrected chi connectivity index (χ1v) is 6.26. The molecule has 2 heteroatoms. The topological polar surface area (TPSA) is 28.7 Å². The van der Waals surface area contributed by atoms with E-state index in [0.717, 1.165) is 16.9 Å². The number of imidazole rings is 1. The summed E-state index contributed by atoms with van der Waals surface area (Å²) in [4.78, 5) is 8.16. The third kappa shape index (κ3) is 1.80. The first-order chi connectivity index (χ1) is 8.75. The summed E-state index contributed by atoms with van der Waals surface area (Å²) in [5.74, 6) is 1.32. The summed E-state index contributed by atoms with van der Waals surface area (Å²) in [5.41, 5.74) is 4.70. The number of benzene rings is 2. The molecule has 0 bridgehead atoms. The van der Waals surface area contributed by atoms with Crippen molar-refractivity contribution in [1.29, 1.82) is 0 Å². The fourth-order valence-electron chi connectivity index (χ4n) is 2.30. The first-order valence-electron chi connectivity index (χ1n) is 6.26. The van der Waals surface area contributed by atoms with Crippen LogP contribution in [0.15, 0.2) is 48.5 Å². The largest absolute Gasteiger partial charge is 0.341 e. The molecular weight excluding hydrogens is 220 g/mol. The highest BCUT2D eigenvalue weighted by Crippen LogP contribution is 2.24. The molecule has 0 radical (unpaired) electrons. The highest BCUT2D eigenvalue weighted by atomic mass is 14.9. The van der Waals surface area contributed by atoms with E-state index in [2.05, 4.69) is 61.3 Å². The van der Waals surface area contributed by atoms with E-state index < -0.39 is 0 Å². The summed E-state index contributed by atoms with van der Waals surface area (Å²) in [5, 5.41) is 0. The Bertz CT molecular complexity index is 668. The van der Waals surface area contributed by atoms with E-state index in [1.807, 2.05) is 6.07 Å². The lowest BCUT2D eigenvalue weighted by molar-refractivity contribution is 0.845. The number of aromatic amines is 1. The summed E-state index contributed by atoms with van der Waals surface area (Å²) in [6.07, 6.45) is 0. The molecule has 3 aromatic rings. The van der Waals surface area contributed by atoms with Crippen molar-refractivity contribution < 1.29 is 0 Å². The number of nitrogens with one attached hydrogen (secondary N) is 1. The zero-order valence-corrected chi connectivity index (χ0v) is 10.6. The van der Waals surface area contributed by atoms with Crippen molar-refractivity contribution in [2.24, 2.45) is 0 Å². The van der Waals surface area contributed by atoms with Crippen LogP contribution < -0.4 is 0 Å². The molecule has 90 valence electrons. The predicted molar refractivity (Wildman–Crippen MR) is 74.8 cm³/mol. The molecule has 0 saturated carbocycles. The van der Waals surface area contributed by atoms with Crippen molar-refractivity contribution in [1.82, 2.24) is 9.97 Å². The van der Waals surface area contributed by atoms with Gasteiger partial charge in [-0.25, -0.2) is 4.98 Å². The summed E-state index contributed by atoms with van der Waals surface area (Å²) >= 11 is 0. The highest BCUT2D eigenvalue weighted by molar-refractivity contribution is 5.78.